The molecule has 0 bridgehead atoms. The molecule has 98 valence electrons. The predicted octanol–water partition coefficient (Wildman–Crippen LogP) is 1.75. The molecular formula is C14H14N2O3. The van der Waals surface area contributed by atoms with Crippen molar-refractivity contribution < 1.29 is 9.53 Å². The predicted molar refractivity (Wildman–Crippen MR) is 71.1 cm³/mol. The zero-order valence-corrected chi connectivity index (χ0v) is 11.0. The van der Waals surface area contributed by atoms with Gasteiger partial charge in [0.2, 0.25) is 5.43 Å². The summed E-state index contributed by atoms with van der Waals surface area (Å²) in [6.07, 6.45) is 0. The second-order valence-corrected chi connectivity index (χ2v) is 4.14. The minimum atomic E-state index is -0.365. The van der Waals surface area contributed by atoms with Crippen LogP contribution < -0.4 is 10.2 Å². The summed E-state index contributed by atoms with van der Waals surface area (Å²) in [6, 6.07) is 8.68. The first-order chi connectivity index (χ1) is 9.04. The fourth-order valence-corrected chi connectivity index (χ4v) is 1.84. The van der Waals surface area contributed by atoms with Crippen LogP contribution in [0.3, 0.4) is 0 Å². The van der Waals surface area contributed by atoms with Crippen molar-refractivity contribution in [3.05, 3.63) is 51.9 Å². The van der Waals surface area contributed by atoms with Crippen molar-refractivity contribution in [3.8, 4) is 11.4 Å². The second-order valence-electron chi connectivity index (χ2n) is 4.14. The Balaban J connectivity index is 2.72. The van der Waals surface area contributed by atoms with Gasteiger partial charge in [-0.1, -0.05) is 12.1 Å². The van der Waals surface area contributed by atoms with Crippen LogP contribution in [0, 0.1) is 6.92 Å². The van der Waals surface area contributed by atoms with E-state index in [0.29, 0.717) is 17.1 Å². The number of hydrogen-bond donors (Lipinski definition) is 0. The number of Topliss-reactive ketones (excluding diaryl/α,β-unsaturated/α-hetero) is 1. The lowest BCUT2D eigenvalue weighted by Gasteiger charge is -2.13. The fourth-order valence-electron chi connectivity index (χ4n) is 1.84. The highest BCUT2D eigenvalue weighted by Gasteiger charge is 2.13. The maximum Gasteiger partial charge on any atom is 0.211 e. The normalized spacial score (nSPS) is 10.3. The van der Waals surface area contributed by atoms with Crippen molar-refractivity contribution in [1.29, 1.82) is 0 Å². The summed E-state index contributed by atoms with van der Waals surface area (Å²) < 4.78 is 6.80. The van der Waals surface area contributed by atoms with Crippen molar-refractivity contribution >= 4 is 5.78 Å². The maximum absolute atomic E-state index is 11.7. The number of nitrogens with zero attached hydrogens (tertiary/aromatic N) is 2. The standard InChI is InChI=1S/C14H14N2O3/c1-9-8-12(18)14(10(2)17)15-16(9)11-6-4-5-7-13(11)19-3/h4-8H,1-3H3. The molecule has 1 aromatic carbocycles. The third-order valence-electron chi connectivity index (χ3n) is 2.75. The van der Waals surface area contributed by atoms with Gasteiger partial charge in [-0.15, -0.1) is 0 Å². The zero-order valence-electron chi connectivity index (χ0n) is 11.0. The molecule has 0 spiro atoms. The summed E-state index contributed by atoms with van der Waals surface area (Å²) in [5.41, 5.74) is 0.886. The number of aromatic nitrogens is 2. The van der Waals surface area contributed by atoms with E-state index in [1.165, 1.54) is 17.7 Å². The molecule has 0 amide bonds. The Morgan fingerprint density at radius 1 is 1.32 bits per heavy atom. The summed E-state index contributed by atoms with van der Waals surface area (Å²) in [7, 11) is 1.56. The van der Waals surface area contributed by atoms with Crippen molar-refractivity contribution in [2.75, 3.05) is 7.11 Å². The highest BCUT2D eigenvalue weighted by molar-refractivity contribution is 5.91. The largest absolute Gasteiger partial charge is 0.494 e. The molecule has 1 aromatic heterocycles. The van der Waals surface area contributed by atoms with Gasteiger partial charge in [-0.3, -0.25) is 9.59 Å². The number of rotatable bonds is 3. The number of methoxy groups -OCH3 is 1. The molecule has 0 unspecified atom stereocenters. The molecule has 0 N–H and O–H groups in total. The van der Waals surface area contributed by atoms with Crippen LogP contribution in [0.4, 0.5) is 0 Å². The van der Waals surface area contributed by atoms with E-state index in [1.807, 2.05) is 18.2 Å². The lowest BCUT2D eigenvalue weighted by Crippen LogP contribution is -2.21. The zero-order chi connectivity index (χ0) is 14.0. The summed E-state index contributed by atoms with van der Waals surface area (Å²) in [5, 5.41) is 4.12. The van der Waals surface area contributed by atoms with E-state index in [-0.39, 0.29) is 16.9 Å². The van der Waals surface area contributed by atoms with Gasteiger partial charge in [0.15, 0.2) is 11.5 Å². The van der Waals surface area contributed by atoms with Crippen molar-refractivity contribution in [2.45, 2.75) is 13.8 Å². The number of hydrogen-bond acceptors (Lipinski definition) is 4. The fraction of sp³-hybridized carbons (Fsp3) is 0.214. The van der Waals surface area contributed by atoms with Gasteiger partial charge in [0.25, 0.3) is 0 Å². The van der Waals surface area contributed by atoms with Crippen molar-refractivity contribution in [1.82, 2.24) is 9.78 Å². The SMILES string of the molecule is COc1ccccc1-n1nc(C(C)=O)c(=O)cc1C. The Kier molecular flexibility index (Phi) is 3.46. The van der Waals surface area contributed by atoms with Gasteiger partial charge < -0.3 is 4.74 Å². The number of aryl methyl sites for hydroxylation is 1. The van der Waals surface area contributed by atoms with Gasteiger partial charge in [0.1, 0.15) is 11.4 Å². The Morgan fingerprint density at radius 2 is 2.00 bits per heavy atom. The average Bonchev–Trinajstić information content (AvgIpc) is 2.38. The third-order valence-corrected chi connectivity index (χ3v) is 2.75. The Bertz CT molecular complexity index is 689. The van der Waals surface area contributed by atoms with E-state index in [1.54, 1.807) is 20.1 Å². The molecule has 0 atom stereocenters. The molecule has 5 nitrogen and oxygen atoms in total. The Hall–Kier alpha value is -2.43. The van der Waals surface area contributed by atoms with E-state index in [0.717, 1.165) is 0 Å². The molecule has 5 heteroatoms. The van der Waals surface area contributed by atoms with Gasteiger partial charge in [-0.25, -0.2) is 4.68 Å². The Morgan fingerprint density at radius 3 is 2.63 bits per heavy atom. The lowest BCUT2D eigenvalue weighted by molar-refractivity contribution is 0.101. The first kappa shape index (κ1) is 13.0. The van der Waals surface area contributed by atoms with Crippen LogP contribution in [0.2, 0.25) is 0 Å². The molecule has 0 saturated carbocycles. The van der Waals surface area contributed by atoms with Crippen LogP contribution in [-0.4, -0.2) is 22.7 Å². The second kappa shape index (κ2) is 5.06. The smallest absolute Gasteiger partial charge is 0.211 e. The van der Waals surface area contributed by atoms with Crippen LogP contribution in [0.25, 0.3) is 5.69 Å². The molecular weight excluding hydrogens is 244 g/mol. The average molecular weight is 258 g/mol. The minimum absolute atomic E-state index is 0.0727. The molecule has 2 rings (SSSR count). The van der Waals surface area contributed by atoms with Crippen LogP contribution in [0.15, 0.2) is 35.1 Å². The number of carbonyl (C=O) groups is 1. The number of benzene rings is 1. The summed E-state index contributed by atoms with van der Waals surface area (Å²) in [4.78, 5) is 23.1. The van der Waals surface area contributed by atoms with Gasteiger partial charge in [0, 0.05) is 18.7 Å². The quantitative estimate of drug-likeness (QED) is 0.787. The molecule has 0 radical (unpaired) electrons. The van der Waals surface area contributed by atoms with E-state index in [2.05, 4.69) is 5.10 Å². The number of ether oxygens (including phenoxy) is 1. The number of para-hydroxylation sites is 2. The van der Waals surface area contributed by atoms with Crippen LogP contribution >= 0.6 is 0 Å². The van der Waals surface area contributed by atoms with Crippen LogP contribution in [-0.2, 0) is 0 Å². The van der Waals surface area contributed by atoms with Crippen LogP contribution in [0.5, 0.6) is 5.75 Å². The number of carbonyl (C=O) groups excluding carboxylic acids is 1. The third kappa shape index (κ3) is 2.40. The molecule has 0 aliphatic rings. The molecule has 1 heterocycles. The first-order valence-electron chi connectivity index (χ1n) is 5.80. The van der Waals surface area contributed by atoms with Gasteiger partial charge >= 0.3 is 0 Å². The monoisotopic (exact) mass is 258 g/mol. The molecule has 0 aliphatic carbocycles. The number of ketones is 1. The summed E-state index contributed by atoms with van der Waals surface area (Å²) >= 11 is 0. The van der Waals surface area contributed by atoms with Gasteiger partial charge in [-0.2, -0.15) is 5.10 Å². The lowest BCUT2D eigenvalue weighted by atomic mass is 10.2. The first-order valence-corrected chi connectivity index (χ1v) is 5.80. The molecule has 19 heavy (non-hydrogen) atoms. The Labute approximate surface area is 110 Å². The molecule has 2 aromatic rings. The summed E-state index contributed by atoms with van der Waals surface area (Å²) in [5.74, 6) is 0.268. The van der Waals surface area contributed by atoms with Gasteiger partial charge in [0.05, 0.1) is 7.11 Å². The van der Waals surface area contributed by atoms with E-state index < -0.39 is 0 Å². The molecule has 0 saturated heterocycles. The highest BCUT2D eigenvalue weighted by Crippen LogP contribution is 2.21. The minimum Gasteiger partial charge on any atom is -0.494 e. The van der Waals surface area contributed by atoms with E-state index in [9.17, 15) is 9.59 Å². The van der Waals surface area contributed by atoms with Crippen LogP contribution in [0.1, 0.15) is 23.1 Å². The molecule has 0 fully saturated rings. The van der Waals surface area contributed by atoms with Gasteiger partial charge in [-0.05, 0) is 19.1 Å². The van der Waals surface area contributed by atoms with E-state index >= 15 is 0 Å². The maximum atomic E-state index is 11.7. The molecule has 0 aliphatic heterocycles. The van der Waals surface area contributed by atoms with E-state index in [4.69, 9.17) is 4.74 Å². The van der Waals surface area contributed by atoms with Crippen molar-refractivity contribution in [2.24, 2.45) is 0 Å². The van der Waals surface area contributed by atoms with Crippen molar-refractivity contribution in [3.63, 3.8) is 0 Å². The topological polar surface area (TPSA) is 61.2 Å². The highest BCUT2D eigenvalue weighted by atomic mass is 16.5. The summed E-state index contributed by atoms with van der Waals surface area (Å²) in [6.45, 7) is 3.08.